The summed E-state index contributed by atoms with van der Waals surface area (Å²) < 4.78 is 1.61. The summed E-state index contributed by atoms with van der Waals surface area (Å²) in [5.41, 5.74) is 4.74. The smallest absolute Gasteiger partial charge is 0.264 e. The predicted molar refractivity (Wildman–Crippen MR) is 213 cm³/mol. The lowest BCUT2D eigenvalue weighted by atomic mass is 9.95. The number of rotatable bonds is 14. The van der Waals surface area contributed by atoms with Crippen LogP contribution < -0.4 is 21.3 Å². The fourth-order valence-corrected chi connectivity index (χ4v) is 7.46. The minimum atomic E-state index is -1.03. The number of fused-ring (bicyclic) bond motifs is 4. The number of pyridine rings is 1. The van der Waals surface area contributed by atoms with Crippen molar-refractivity contribution >= 4 is 63.6 Å². The molecule has 1 saturated heterocycles. The van der Waals surface area contributed by atoms with E-state index in [4.69, 9.17) is 4.98 Å². The average molecular weight is 778 g/mol. The number of aryl methyl sites for hydroxylation is 1. The largest absolute Gasteiger partial charge is 0.384 e. The van der Waals surface area contributed by atoms with Crippen molar-refractivity contribution in [2.75, 3.05) is 23.7 Å². The highest BCUT2D eigenvalue weighted by Gasteiger charge is 2.45. The van der Waals surface area contributed by atoms with Crippen LogP contribution in [0.5, 0.6) is 0 Å². The Labute approximate surface area is 333 Å². The molecule has 15 nitrogen and oxygen atoms in total. The van der Waals surface area contributed by atoms with E-state index >= 15 is 0 Å². The van der Waals surface area contributed by atoms with Crippen LogP contribution in [0.2, 0.25) is 0 Å². The van der Waals surface area contributed by atoms with E-state index in [-0.39, 0.29) is 59.7 Å². The van der Waals surface area contributed by atoms with Gasteiger partial charge in [-0.3, -0.25) is 43.4 Å². The number of amides is 6. The Morgan fingerprint density at radius 3 is 2.29 bits per heavy atom. The van der Waals surface area contributed by atoms with Gasteiger partial charge in [0.1, 0.15) is 35.1 Å². The minimum absolute atomic E-state index is 0.0478. The molecule has 2 aliphatic heterocycles. The molecule has 5 aromatic rings. The Kier molecular flexibility index (Phi) is 11.2. The van der Waals surface area contributed by atoms with Crippen LogP contribution in [0.3, 0.4) is 0 Å². The molecule has 1 fully saturated rings. The maximum atomic E-state index is 13.4. The molecule has 15 heteroatoms. The van der Waals surface area contributed by atoms with Crippen molar-refractivity contribution in [1.29, 1.82) is 10.5 Å². The predicted octanol–water partition coefficient (Wildman–Crippen LogP) is 5.11. The first-order valence-corrected chi connectivity index (χ1v) is 19.1. The standard InChI is InChI=1S/C43H39N9O6/c1-25-13-15-26(16-14-25)37-28(23-44)39-48-30-10-4-5-12-32(30)51(39)40(29(37)24-45)49-35(54)20-19-34(53)47-22-7-3-2-6-21-46-31-11-8-9-27-38(31)43(58)52(42(27)57)33-17-18-36(55)50-41(33)56/h4-5,8-16,33,46H,2-3,6-7,17-22H2,1H3,(H,47,53)(H,49,54)(H,50,55,56). The van der Waals surface area contributed by atoms with Gasteiger partial charge in [0.25, 0.3) is 11.8 Å². The van der Waals surface area contributed by atoms with Gasteiger partial charge in [0, 0.05) is 43.6 Å². The van der Waals surface area contributed by atoms with E-state index in [9.17, 15) is 39.3 Å². The maximum absolute atomic E-state index is 13.4. The summed E-state index contributed by atoms with van der Waals surface area (Å²) >= 11 is 0. The third kappa shape index (κ3) is 7.57. The summed E-state index contributed by atoms with van der Waals surface area (Å²) in [7, 11) is 0. The number of para-hydroxylation sites is 2. The number of nitriles is 2. The first-order valence-electron chi connectivity index (χ1n) is 19.1. The highest BCUT2D eigenvalue weighted by molar-refractivity contribution is 6.25. The number of nitrogens with one attached hydrogen (secondary N) is 4. The molecule has 0 radical (unpaired) electrons. The van der Waals surface area contributed by atoms with Gasteiger partial charge in [0.05, 0.1) is 22.2 Å². The van der Waals surface area contributed by atoms with Gasteiger partial charge in [0.15, 0.2) is 5.65 Å². The number of imide groups is 2. The average Bonchev–Trinajstić information content (AvgIpc) is 3.73. The Morgan fingerprint density at radius 2 is 1.55 bits per heavy atom. The summed E-state index contributed by atoms with van der Waals surface area (Å²) in [5.74, 6) is -2.81. The third-order valence-corrected chi connectivity index (χ3v) is 10.4. The van der Waals surface area contributed by atoms with Crippen LogP contribution in [-0.2, 0) is 19.2 Å². The van der Waals surface area contributed by atoms with E-state index < -0.39 is 35.6 Å². The van der Waals surface area contributed by atoms with Crippen LogP contribution in [-0.4, -0.2) is 68.9 Å². The molecule has 0 aliphatic carbocycles. The van der Waals surface area contributed by atoms with E-state index in [2.05, 4.69) is 33.4 Å². The topological polar surface area (TPSA) is 219 Å². The monoisotopic (exact) mass is 777 g/mol. The SMILES string of the molecule is Cc1ccc(-c2c(C#N)c(NC(=O)CCC(=O)NCCCCCCNc3cccc4c3C(=O)N(C3CCC(=O)NC3=O)C4=O)n3c(nc4ccccc43)c2C#N)cc1. The molecule has 1 unspecified atom stereocenters. The molecule has 4 N–H and O–H groups in total. The molecule has 0 spiro atoms. The van der Waals surface area contributed by atoms with Crippen molar-refractivity contribution in [3.05, 3.63) is 94.5 Å². The Morgan fingerprint density at radius 1 is 0.828 bits per heavy atom. The van der Waals surface area contributed by atoms with Crippen LogP contribution in [0.1, 0.15) is 88.8 Å². The molecule has 7 rings (SSSR count). The molecular formula is C43H39N9O6. The summed E-state index contributed by atoms with van der Waals surface area (Å²) in [6.07, 6.45) is 3.01. The van der Waals surface area contributed by atoms with Crippen molar-refractivity contribution < 1.29 is 28.8 Å². The number of carbonyl (C=O) groups is 6. The lowest BCUT2D eigenvalue weighted by molar-refractivity contribution is -0.136. The number of piperidine rings is 1. The third-order valence-electron chi connectivity index (χ3n) is 10.4. The lowest BCUT2D eigenvalue weighted by Gasteiger charge is -2.27. The van der Waals surface area contributed by atoms with Crippen LogP contribution in [0, 0.1) is 29.6 Å². The Balaban J connectivity index is 0.894. The van der Waals surface area contributed by atoms with E-state index in [1.807, 2.05) is 37.3 Å². The number of unbranched alkanes of at least 4 members (excludes halogenated alkanes) is 3. The van der Waals surface area contributed by atoms with Gasteiger partial charge in [-0.2, -0.15) is 10.5 Å². The summed E-state index contributed by atoms with van der Waals surface area (Å²) in [4.78, 5) is 82.1. The first kappa shape index (κ1) is 38.9. The van der Waals surface area contributed by atoms with Crippen molar-refractivity contribution in [2.24, 2.45) is 0 Å². The fourth-order valence-electron chi connectivity index (χ4n) is 7.46. The summed E-state index contributed by atoms with van der Waals surface area (Å²) in [6.45, 7) is 2.88. The summed E-state index contributed by atoms with van der Waals surface area (Å²) in [5, 5.41) is 31.9. The Hall–Kier alpha value is -7.39. The van der Waals surface area contributed by atoms with Crippen LogP contribution >= 0.6 is 0 Å². The fraction of sp³-hybridized carbons (Fsp3) is 0.279. The van der Waals surface area contributed by atoms with Crippen molar-refractivity contribution in [3.8, 4) is 23.3 Å². The minimum Gasteiger partial charge on any atom is -0.384 e. The van der Waals surface area contributed by atoms with Crippen molar-refractivity contribution in [2.45, 2.75) is 64.3 Å². The number of carbonyl (C=O) groups excluding carboxylic acids is 6. The van der Waals surface area contributed by atoms with Gasteiger partial charge >= 0.3 is 0 Å². The van der Waals surface area contributed by atoms with Crippen molar-refractivity contribution in [1.82, 2.24) is 24.9 Å². The van der Waals surface area contributed by atoms with Gasteiger partial charge in [-0.15, -0.1) is 0 Å². The second kappa shape index (κ2) is 16.8. The molecule has 0 bridgehead atoms. The van der Waals surface area contributed by atoms with Crippen LogP contribution in [0.25, 0.3) is 27.8 Å². The maximum Gasteiger partial charge on any atom is 0.264 e. The van der Waals surface area contributed by atoms with E-state index in [1.54, 1.807) is 40.8 Å². The van der Waals surface area contributed by atoms with Gasteiger partial charge in [-0.1, -0.05) is 60.9 Å². The van der Waals surface area contributed by atoms with E-state index in [1.165, 1.54) is 0 Å². The van der Waals surface area contributed by atoms with Gasteiger partial charge in [-0.25, -0.2) is 4.98 Å². The molecule has 3 aromatic carbocycles. The second-order valence-electron chi connectivity index (χ2n) is 14.2. The van der Waals surface area contributed by atoms with Gasteiger partial charge < -0.3 is 16.0 Å². The van der Waals surface area contributed by atoms with E-state index in [0.717, 1.165) is 29.7 Å². The molecule has 58 heavy (non-hydrogen) atoms. The number of hydrogen-bond donors (Lipinski definition) is 4. The first-order chi connectivity index (χ1) is 28.1. The number of hydrogen-bond acceptors (Lipinski definition) is 10. The zero-order valence-corrected chi connectivity index (χ0v) is 31.7. The molecule has 2 aliphatic rings. The molecule has 4 heterocycles. The summed E-state index contributed by atoms with van der Waals surface area (Å²) in [6, 6.07) is 23.0. The Bertz CT molecular complexity index is 2600. The molecular weight excluding hydrogens is 739 g/mol. The van der Waals surface area contributed by atoms with Crippen LogP contribution in [0.15, 0.2) is 66.7 Å². The second-order valence-corrected chi connectivity index (χ2v) is 14.2. The zero-order valence-electron chi connectivity index (χ0n) is 31.7. The molecule has 2 aromatic heterocycles. The zero-order chi connectivity index (χ0) is 40.9. The normalized spacial score (nSPS) is 14.9. The lowest BCUT2D eigenvalue weighted by Crippen LogP contribution is -2.54. The number of aromatic nitrogens is 2. The molecule has 292 valence electrons. The van der Waals surface area contributed by atoms with Gasteiger partial charge in [0.2, 0.25) is 23.6 Å². The number of nitrogens with zero attached hydrogens (tertiary/aromatic N) is 5. The van der Waals surface area contributed by atoms with Crippen molar-refractivity contribution in [3.63, 3.8) is 0 Å². The molecule has 1 atom stereocenters. The molecule has 0 saturated carbocycles. The number of anilines is 2. The van der Waals surface area contributed by atoms with E-state index in [0.29, 0.717) is 53.0 Å². The van der Waals surface area contributed by atoms with Gasteiger partial charge in [-0.05, 0) is 56.0 Å². The molecule has 6 amide bonds. The quantitative estimate of drug-likeness (QED) is 0.0862. The highest BCUT2D eigenvalue weighted by atomic mass is 16.2. The highest BCUT2D eigenvalue weighted by Crippen LogP contribution is 2.37. The number of benzene rings is 3. The number of imidazole rings is 1. The van der Waals surface area contributed by atoms with Crippen LogP contribution in [0.4, 0.5) is 11.5 Å².